The second kappa shape index (κ2) is 8.99. The van der Waals surface area contributed by atoms with Crippen LogP contribution < -0.4 is 10.2 Å². The maximum Gasteiger partial charge on any atom is 0.312 e. The molecule has 0 spiro atoms. The summed E-state index contributed by atoms with van der Waals surface area (Å²) in [6, 6.07) is 14.2. The van der Waals surface area contributed by atoms with Crippen molar-refractivity contribution in [3.63, 3.8) is 0 Å². The van der Waals surface area contributed by atoms with Crippen LogP contribution in [0.2, 0.25) is 0 Å². The number of ether oxygens (including phenoxy) is 1. The number of amides is 1. The van der Waals surface area contributed by atoms with E-state index in [0.717, 1.165) is 11.1 Å². The van der Waals surface area contributed by atoms with Gasteiger partial charge in [0, 0.05) is 11.1 Å². The Bertz CT molecular complexity index is 1110. The van der Waals surface area contributed by atoms with Gasteiger partial charge in [0.15, 0.2) is 0 Å². The fraction of sp³-hybridized carbons (Fsp3) is 0.190. The van der Waals surface area contributed by atoms with E-state index in [4.69, 9.17) is 4.74 Å². The smallest absolute Gasteiger partial charge is 0.312 e. The predicted octanol–water partition coefficient (Wildman–Crippen LogP) is 3.23. The molecule has 30 heavy (non-hydrogen) atoms. The Kier molecular flexibility index (Phi) is 6.21. The van der Waals surface area contributed by atoms with E-state index in [9.17, 15) is 14.9 Å². The average molecular weight is 407 g/mol. The molecule has 154 valence electrons. The van der Waals surface area contributed by atoms with Crippen LogP contribution in [0.5, 0.6) is 5.75 Å². The number of nitrogens with zero attached hydrogens (tertiary/aromatic N) is 4. The first-order chi connectivity index (χ1) is 14.4. The summed E-state index contributed by atoms with van der Waals surface area (Å²) < 4.78 is 6.98. The minimum absolute atomic E-state index is 0.00954. The van der Waals surface area contributed by atoms with E-state index in [-0.39, 0.29) is 11.6 Å². The lowest BCUT2D eigenvalue weighted by Gasteiger charge is -2.10. The molecule has 9 nitrogen and oxygen atoms in total. The second-order valence-corrected chi connectivity index (χ2v) is 6.57. The number of aryl methyl sites for hydroxylation is 1. The third-order valence-corrected chi connectivity index (χ3v) is 4.57. The highest BCUT2D eigenvalue weighted by atomic mass is 16.6. The summed E-state index contributed by atoms with van der Waals surface area (Å²) in [6.07, 6.45) is 1.52. The maximum atomic E-state index is 12.1. The molecular weight excluding hydrogens is 386 g/mol. The first-order valence-corrected chi connectivity index (χ1v) is 9.14. The van der Waals surface area contributed by atoms with E-state index in [1.165, 1.54) is 6.21 Å². The van der Waals surface area contributed by atoms with E-state index in [1.54, 1.807) is 62.0 Å². The molecule has 2 aromatic carbocycles. The molecule has 1 heterocycles. The normalized spacial score (nSPS) is 10.9. The maximum absolute atomic E-state index is 12.1. The summed E-state index contributed by atoms with van der Waals surface area (Å²) in [5.41, 5.74) is 5.34. The molecule has 0 saturated carbocycles. The Morgan fingerprint density at radius 1 is 1.27 bits per heavy atom. The largest absolute Gasteiger partial charge is 0.496 e. The van der Waals surface area contributed by atoms with Gasteiger partial charge in [0.05, 0.1) is 24.8 Å². The van der Waals surface area contributed by atoms with E-state index in [1.807, 2.05) is 12.1 Å². The standard InChI is InChI=1S/C21H21N5O4/c1-14-20(26(28)29)15(2)25(24-14)13-18-11-16(9-10-19(18)30-3)12-22-23-21(27)17-7-5-4-6-8-17/h4-12H,13H2,1-3H3,(H,23,27)/b22-12+. The number of nitrogens with one attached hydrogen (secondary N) is 1. The number of carbonyl (C=O) groups excluding carboxylic acids is 1. The number of rotatable bonds is 7. The van der Waals surface area contributed by atoms with Crippen molar-refractivity contribution in [2.24, 2.45) is 5.10 Å². The lowest BCUT2D eigenvalue weighted by Crippen LogP contribution is -2.17. The van der Waals surface area contributed by atoms with Crippen molar-refractivity contribution in [2.45, 2.75) is 20.4 Å². The number of hydrogen-bond donors (Lipinski definition) is 1. The number of hydrogen-bond acceptors (Lipinski definition) is 6. The highest BCUT2D eigenvalue weighted by molar-refractivity contribution is 5.94. The summed E-state index contributed by atoms with van der Waals surface area (Å²) in [5, 5.41) is 19.5. The van der Waals surface area contributed by atoms with Gasteiger partial charge in [-0.3, -0.25) is 19.6 Å². The third-order valence-electron chi connectivity index (χ3n) is 4.57. The van der Waals surface area contributed by atoms with Crippen molar-refractivity contribution >= 4 is 17.8 Å². The summed E-state index contributed by atoms with van der Waals surface area (Å²) in [7, 11) is 1.55. The molecule has 1 aromatic heterocycles. The van der Waals surface area contributed by atoms with Gasteiger partial charge in [-0.2, -0.15) is 10.2 Å². The molecule has 9 heteroatoms. The van der Waals surface area contributed by atoms with Gasteiger partial charge in [0.1, 0.15) is 17.1 Å². The Balaban J connectivity index is 1.80. The average Bonchev–Trinajstić information content (AvgIpc) is 3.01. The number of benzene rings is 2. The molecule has 0 fully saturated rings. The van der Waals surface area contributed by atoms with E-state index in [2.05, 4.69) is 15.6 Å². The van der Waals surface area contributed by atoms with E-state index < -0.39 is 4.92 Å². The second-order valence-electron chi connectivity index (χ2n) is 6.57. The minimum atomic E-state index is -0.427. The summed E-state index contributed by atoms with van der Waals surface area (Å²) in [4.78, 5) is 22.9. The highest BCUT2D eigenvalue weighted by Crippen LogP contribution is 2.25. The molecule has 0 unspecified atom stereocenters. The molecular formula is C21H21N5O4. The minimum Gasteiger partial charge on any atom is -0.496 e. The Hall–Kier alpha value is -4.01. The van der Waals surface area contributed by atoms with Crippen LogP contribution in [0.15, 0.2) is 53.6 Å². The van der Waals surface area contributed by atoms with Gasteiger partial charge in [0.25, 0.3) is 5.91 Å². The summed E-state index contributed by atoms with van der Waals surface area (Å²) in [6.45, 7) is 3.56. The topological polar surface area (TPSA) is 112 Å². The zero-order valence-electron chi connectivity index (χ0n) is 16.8. The molecule has 0 saturated heterocycles. The van der Waals surface area contributed by atoms with Gasteiger partial charge in [-0.1, -0.05) is 18.2 Å². The Morgan fingerprint density at radius 2 is 2.00 bits per heavy atom. The van der Waals surface area contributed by atoms with Crippen LogP contribution in [0, 0.1) is 24.0 Å². The van der Waals surface area contributed by atoms with Crippen molar-refractivity contribution in [3.05, 3.63) is 86.7 Å². The van der Waals surface area contributed by atoms with Crippen LogP contribution in [0.1, 0.15) is 32.9 Å². The molecule has 1 N–H and O–H groups in total. The summed E-state index contributed by atoms with van der Waals surface area (Å²) in [5.74, 6) is 0.311. The molecule has 3 aromatic rings. The summed E-state index contributed by atoms with van der Waals surface area (Å²) >= 11 is 0. The van der Waals surface area contributed by atoms with Gasteiger partial charge < -0.3 is 4.74 Å². The molecule has 0 bridgehead atoms. The number of hydrazone groups is 1. The van der Waals surface area contributed by atoms with Crippen molar-refractivity contribution in [3.8, 4) is 5.75 Å². The monoisotopic (exact) mass is 407 g/mol. The van der Waals surface area contributed by atoms with E-state index in [0.29, 0.717) is 29.2 Å². The van der Waals surface area contributed by atoms with Crippen molar-refractivity contribution in [2.75, 3.05) is 7.11 Å². The van der Waals surface area contributed by atoms with Gasteiger partial charge in [0.2, 0.25) is 0 Å². The molecule has 0 aliphatic heterocycles. The van der Waals surface area contributed by atoms with Crippen LogP contribution in [0.3, 0.4) is 0 Å². The quantitative estimate of drug-likeness (QED) is 0.367. The lowest BCUT2D eigenvalue weighted by molar-refractivity contribution is -0.386. The van der Waals surface area contributed by atoms with Crippen LogP contribution in [-0.2, 0) is 6.54 Å². The number of nitro groups is 1. The van der Waals surface area contributed by atoms with Gasteiger partial charge in [-0.25, -0.2) is 5.43 Å². The molecule has 0 radical (unpaired) electrons. The van der Waals surface area contributed by atoms with Crippen LogP contribution in [0.4, 0.5) is 5.69 Å². The van der Waals surface area contributed by atoms with Crippen LogP contribution >= 0.6 is 0 Å². The fourth-order valence-electron chi connectivity index (χ4n) is 3.09. The lowest BCUT2D eigenvalue weighted by atomic mass is 10.1. The zero-order valence-corrected chi connectivity index (χ0v) is 16.8. The molecule has 0 aliphatic rings. The first-order valence-electron chi connectivity index (χ1n) is 9.14. The van der Waals surface area contributed by atoms with Gasteiger partial charge in [-0.05, 0) is 49.7 Å². The molecule has 1 amide bonds. The number of methoxy groups -OCH3 is 1. The third kappa shape index (κ3) is 4.52. The van der Waals surface area contributed by atoms with Crippen molar-refractivity contribution in [1.29, 1.82) is 0 Å². The van der Waals surface area contributed by atoms with Crippen LogP contribution in [0.25, 0.3) is 0 Å². The Labute approximate surface area is 173 Å². The fourth-order valence-corrected chi connectivity index (χ4v) is 3.09. The van der Waals surface area contributed by atoms with Crippen LogP contribution in [-0.4, -0.2) is 33.9 Å². The molecule has 0 atom stereocenters. The highest BCUT2D eigenvalue weighted by Gasteiger charge is 2.22. The van der Waals surface area contributed by atoms with Gasteiger partial charge >= 0.3 is 5.69 Å². The zero-order chi connectivity index (χ0) is 21.7. The predicted molar refractivity (Wildman–Crippen MR) is 112 cm³/mol. The Morgan fingerprint density at radius 3 is 2.63 bits per heavy atom. The molecule has 3 rings (SSSR count). The van der Waals surface area contributed by atoms with Crippen molar-refractivity contribution < 1.29 is 14.5 Å². The molecule has 0 aliphatic carbocycles. The number of carbonyl (C=O) groups is 1. The van der Waals surface area contributed by atoms with Crippen molar-refractivity contribution in [1.82, 2.24) is 15.2 Å². The SMILES string of the molecule is COc1ccc(/C=N/NC(=O)c2ccccc2)cc1Cn1nc(C)c([N+](=O)[O-])c1C. The first kappa shape index (κ1) is 20.7. The van der Waals surface area contributed by atoms with Gasteiger partial charge in [-0.15, -0.1) is 0 Å². The van der Waals surface area contributed by atoms with E-state index >= 15 is 0 Å². The number of aromatic nitrogens is 2.